The molecule has 0 spiro atoms. The van der Waals surface area contributed by atoms with Crippen molar-refractivity contribution in [3.63, 3.8) is 0 Å². The number of carbonyl (C=O) groups is 1. The fourth-order valence-corrected chi connectivity index (χ4v) is 2.37. The van der Waals surface area contributed by atoms with Crippen LogP contribution in [-0.2, 0) is 4.74 Å². The van der Waals surface area contributed by atoms with E-state index in [9.17, 15) is 14.9 Å². The normalized spacial score (nSPS) is 10.4. The lowest BCUT2D eigenvalue weighted by Crippen LogP contribution is -2.24. The molecule has 0 aromatic carbocycles. The van der Waals surface area contributed by atoms with Gasteiger partial charge in [-0.2, -0.15) is 5.26 Å². The molecule has 0 aliphatic carbocycles. The van der Waals surface area contributed by atoms with Crippen molar-refractivity contribution in [2.45, 2.75) is 6.92 Å². The van der Waals surface area contributed by atoms with Gasteiger partial charge in [0.25, 0.3) is 5.56 Å². The van der Waals surface area contributed by atoms with Gasteiger partial charge in [0.1, 0.15) is 29.9 Å². The number of carbonyl (C=O) groups excluding carboxylic acids is 1. The van der Waals surface area contributed by atoms with Crippen LogP contribution in [-0.4, -0.2) is 31.7 Å². The van der Waals surface area contributed by atoms with E-state index in [1.54, 1.807) is 25.1 Å². The maximum absolute atomic E-state index is 12.5. The van der Waals surface area contributed by atoms with E-state index in [4.69, 9.17) is 4.74 Å². The van der Waals surface area contributed by atoms with Crippen LogP contribution >= 0.6 is 0 Å². The Balaban J connectivity index is 2.52. The largest absolute Gasteiger partial charge is 0.462 e. The first-order valence-corrected chi connectivity index (χ1v) is 6.78. The third kappa shape index (κ3) is 2.24. The fourth-order valence-electron chi connectivity index (χ4n) is 2.37. The third-order valence-corrected chi connectivity index (χ3v) is 3.29. The predicted octanol–water partition coefficient (Wildman–Crippen LogP) is 0.929. The summed E-state index contributed by atoms with van der Waals surface area (Å²) in [5.41, 5.74) is -0.134. The van der Waals surface area contributed by atoms with E-state index in [0.717, 1.165) is 0 Å². The van der Waals surface area contributed by atoms with Crippen molar-refractivity contribution >= 4 is 11.5 Å². The molecule has 0 atom stereocenters. The number of pyridine rings is 2. The van der Waals surface area contributed by atoms with Crippen molar-refractivity contribution in [1.82, 2.24) is 19.2 Å². The lowest BCUT2D eigenvalue weighted by molar-refractivity contribution is 0.0528. The fraction of sp³-hybridized carbons (Fsp3) is 0.133. The third-order valence-electron chi connectivity index (χ3n) is 3.29. The highest BCUT2D eigenvalue weighted by atomic mass is 16.5. The summed E-state index contributed by atoms with van der Waals surface area (Å²) in [5, 5.41) is 16.8. The van der Waals surface area contributed by atoms with Crippen LogP contribution in [0.5, 0.6) is 0 Å². The van der Waals surface area contributed by atoms with Crippen LogP contribution in [0.15, 0.2) is 41.8 Å². The molecule has 0 unspecified atom stereocenters. The Labute approximate surface area is 130 Å². The summed E-state index contributed by atoms with van der Waals surface area (Å²) in [7, 11) is 0. The van der Waals surface area contributed by atoms with Crippen molar-refractivity contribution < 1.29 is 9.53 Å². The van der Waals surface area contributed by atoms with E-state index in [2.05, 4.69) is 10.2 Å². The molecule has 0 bridgehead atoms. The molecule has 0 amide bonds. The average molecular weight is 309 g/mol. The molecule has 3 aromatic heterocycles. The highest BCUT2D eigenvalue weighted by molar-refractivity contribution is 6.01. The number of fused-ring (bicyclic) bond motifs is 1. The number of aromatic nitrogens is 4. The van der Waals surface area contributed by atoms with E-state index in [0.29, 0.717) is 5.52 Å². The molecule has 3 rings (SSSR count). The Morgan fingerprint density at radius 1 is 1.35 bits per heavy atom. The highest BCUT2D eigenvalue weighted by Crippen LogP contribution is 2.22. The van der Waals surface area contributed by atoms with Gasteiger partial charge < -0.3 is 4.74 Å². The minimum Gasteiger partial charge on any atom is -0.462 e. The van der Waals surface area contributed by atoms with Crippen LogP contribution in [0.4, 0.5) is 0 Å². The lowest BCUT2D eigenvalue weighted by Gasteiger charge is -2.14. The second kappa shape index (κ2) is 5.73. The summed E-state index contributed by atoms with van der Waals surface area (Å²) in [4.78, 5) is 25.0. The van der Waals surface area contributed by atoms with Gasteiger partial charge in [0.2, 0.25) is 0 Å². The Hall–Kier alpha value is -3.47. The maximum atomic E-state index is 12.5. The van der Waals surface area contributed by atoms with Gasteiger partial charge in [0.05, 0.1) is 17.8 Å². The standard InChI is InChI=1S/C15H11N5O3/c1-2-23-15(22)12-11-5-3-4-6-20(11)14(21)10(7-16)13(12)19-8-17-18-9-19/h3-6,8-9H,2H2,1H3. The van der Waals surface area contributed by atoms with Crippen LogP contribution in [0.3, 0.4) is 0 Å². The molecular formula is C15H11N5O3. The molecule has 0 aliphatic rings. The summed E-state index contributed by atoms with van der Waals surface area (Å²) in [6.45, 7) is 1.85. The highest BCUT2D eigenvalue weighted by Gasteiger charge is 2.25. The number of nitrogens with zero attached hydrogens (tertiary/aromatic N) is 5. The monoisotopic (exact) mass is 309 g/mol. The zero-order valence-corrected chi connectivity index (χ0v) is 12.1. The molecule has 114 valence electrons. The van der Waals surface area contributed by atoms with Gasteiger partial charge in [-0.25, -0.2) is 4.79 Å². The molecule has 0 N–H and O–H groups in total. The van der Waals surface area contributed by atoms with Crippen LogP contribution in [0.25, 0.3) is 11.2 Å². The Morgan fingerprint density at radius 3 is 2.74 bits per heavy atom. The Kier molecular flexibility index (Phi) is 3.60. The van der Waals surface area contributed by atoms with Crippen molar-refractivity contribution in [3.8, 4) is 11.8 Å². The van der Waals surface area contributed by atoms with E-state index in [1.807, 2.05) is 6.07 Å². The maximum Gasteiger partial charge on any atom is 0.342 e. The molecule has 8 heteroatoms. The predicted molar refractivity (Wildman–Crippen MR) is 79.3 cm³/mol. The molecule has 0 radical (unpaired) electrons. The first kappa shape index (κ1) is 14.5. The van der Waals surface area contributed by atoms with Crippen LogP contribution in [0, 0.1) is 11.3 Å². The van der Waals surface area contributed by atoms with E-state index in [1.165, 1.54) is 27.8 Å². The number of nitriles is 1. The molecule has 0 fully saturated rings. The summed E-state index contributed by atoms with van der Waals surface area (Å²) in [6, 6.07) is 6.81. The van der Waals surface area contributed by atoms with E-state index in [-0.39, 0.29) is 23.4 Å². The van der Waals surface area contributed by atoms with Gasteiger partial charge in [-0.3, -0.25) is 13.8 Å². The van der Waals surface area contributed by atoms with Crippen LogP contribution in [0.1, 0.15) is 22.8 Å². The van der Waals surface area contributed by atoms with Crippen molar-refractivity contribution in [1.29, 1.82) is 5.26 Å². The quantitative estimate of drug-likeness (QED) is 0.667. The number of esters is 1. The van der Waals surface area contributed by atoms with Gasteiger partial charge >= 0.3 is 5.97 Å². The molecule has 0 aliphatic heterocycles. The molecule has 0 saturated heterocycles. The molecule has 0 saturated carbocycles. The minimum absolute atomic E-state index is 0.114. The topological polar surface area (TPSA) is 102 Å². The van der Waals surface area contributed by atoms with Gasteiger partial charge in [0.15, 0.2) is 0 Å². The summed E-state index contributed by atoms with van der Waals surface area (Å²) < 4.78 is 7.71. The number of ether oxygens (including phenoxy) is 1. The van der Waals surface area contributed by atoms with Gasteiger partial charge in [-0.15, -0.1) is 10.2 Å². The van der Waals surface area contributed by atoms with Crippen molar-refractivity contribution in [2.75, 3.05) is 6.61 Å². The minimum atomic E-state index is -0.628. The number of hydrogen-bond donors (Lipinski definition) is 0. The van der Waals surface area contributed by atoms with Gasteiger partial charge in [-0.1, -0.05) is 6.07 Å². The molecular weight excluding hydrogens is 298 g/mol. The lowest BCUT2D eigenvalue weighted by atomic mass is 10.1. The van der Waals surface area contributed by atoms with E-state index < -0.39 is 11.5 Å². The van der Waals surface area contributed by atoms with Crippen molar-refractivity contribution in [3.05, 3.63) is 58.5 Å². The first-order chi connectivity index (χ1) is 11.2. The molecule has 3 aromatic rings. The SMILES string of the molecule is CCOC(=O)c1c(-n2cnnc2)c(C#N)c(=O)n2ccccc12. The molecule has 23 heavy (non-hydrogen) atoms. The smallest absolute Gasteiger partial charge is 0.342 e. The average Bonchev–Trinajstić information content (AvgIpc) is 3.09. The Morgan fingerprint density at radius 2 is 2.09 bits per heavy atom. The first-order valence-electron chi connectivity index (χ1n) is 6.78. The Bertz CT molecular complexity index is 983. The van der Waals surface area contributed by atoms with Crippen LogP contribution < -0.4 is 5.56 Å². The van der Waals surface area contributed by atoms with Crippen LogP contribution in [0.2, 0.25) is 0 Å². The summed E-state index contributed by atoms with van der Waals surface area (Å²) in [5.74, 6) is -0.628. The van der Waals surface area contributed by atoms with Gasteiger partial charge in [-0.05, 0) is 19.1 Å². The number of rotatable bonds is 3. The summed E-state index contributed by atoms with van der Waals surface area (Å²) >= 11 is 0. The second-order valence-electron chi connectivity index (χ2n) is 4.56. The van der Waals surface area contributed by atoms with E-state index >= 15 is 0 Å². The zero-order chi connectivity index (χ0) is 16.4. The second-order valence-corrected chi connectivity index (χ2v) is 4.56. The molecule has 3 heterocycles. The number of hydrogen-bond acceptors (Lipinski definition) is 6. The van der Waals surface area contributed by atoms with Crippen molar-refractivity contribution in [2.24, 2.45) is 0 Å². The molecule has 8 nitrogen and oxygen atoms in total. The summed E-state index contributed by atoms with van der Waals surface area (Å²) in [6.07, 6.45) is 4.13. The zero-order valence-electron chi connectivity index (χ0n) is 12.1. The van der Waals surface area contributed by atoms with Gasteiger partial charge in [0, 0.05) is 6.20 Å².